The normalized spacial score (nSPS) is 28.4. The molecule has 3 atom stereocenters. The van der Waals surface area contributed by atoms with E-state index in [0.717, 1.165) is 30.0 Å². The van der Waals surface area contributed by atoms with Crippen molar-refractivity contribution < 1.29 is 19.1 Å². The summed E-state index contributed by atoms with van der Waals surface area (Å²) < 4.78 is 11.6. The second kappa shape index (κ2) is 8.14. The van der Waals surface area contributed by atoms with Crippen LogP contribution in [-0.4, -0.2) is 27.1 Å². The fraction of sp³-hybridized carbons (Fsp3) is 0.500. The number of hydrogen-bond acceptors (Lipinski definition) is 4. The first-order valence-electron chi connectivity index (χ1n) is 10.5. The molecule has 4 nitrogen and oxygen atoms in total. The Hall–Kier alpha value is -0.920. The summed E-state index contributed by atoms with van der Waals surface area (Å²) >= 11 is 11.3. The van der Waals surface area contributed by atoms with Gasteiger partial charge in [-0.3, -0.25) is 4.79 Å². The highest BCUT2D eigenvalue weighted by atomic mass is 79.9. The predicted molar refractivity (Wildman–Crippen MR) is 132 cm³/mol. The summed E-state index contributed by atoms with van der Waals surface area (Å²) in [7, 11) is 0. The summed E-state index contributed by atoms with van der Waals surface area (Å²) in [5.74, 6) is -0.486. The van der Waals surface area contributed by atoms with E-state index in [9.17, 15) is 9.59 Å². The molecule has 2 bridgehead atoms. The van der Waals surface area contributed by atoms with Gasteiger partial charge in [0, 0.05) is 15.6 Å². The molecule has 0 aliphatic heterocycles. The van der Waals surface area contributed by atoms with Crippen LogP contribution in [0.25, 0.3) is 10.8 Å². The highest BCUT2D eigenvalue weighted by Gasteiger charge is 2.84. The lowest BCUT2D eigenvalue weighted by molar-refractivity contribution is -0.176. The van der Waals surface area contributed by atoms with Crippen LogP contribution in [0.15, 0.2) is 36.4 Å². The molecular weight excluding hydrogens is 592 g/mol. The van der Waals surface area contributed by atoms with Crippen molar-refractivity contribution in [3.63, 3.8) is 0 Å². The van der Waals surface area contributed by atoms with Crippen molar-refractivity contribution in [1.82, 2.24) is 0 Å². The number of halogens is 3. The lowest BCUT2D eigenvalue weighted by Gasteiger charge is -2.65. The Labute approximate surface area is 207 Å². The summed E-state index contributed by atoms with van der Waals surface area (Å²) in [6, 6.07) is 11.1. The van der Waals surface area contributed by atoms with Crippen LogP contribution in [0.2, 0.25) is 0 Å². The lowest BCUT2D eigenvalue weighted by atomic mass is 9.43. The molecule has 3 aliphatic rings. The Morgan fingerprint density at radius 3 is 2.45 bits per heavy atom. The number of fused-ring (bicyclic) bond motifs is 2. The molecule has 3 aliphatic carbocycles. The van der Waals surface area contributed by atoms with Gasteiger partial charge in [-0.15, -0.1) is 0 Å². The van der Waals surface area contributed by atoms with Crippen LogP contribution in [0.4, 0.5) is 0 Å². The van der Waals surface area contributed by atoms with E-state index in [1.54, 1.807) is 6.07 Å². The zero-order valence-corrected chi connectivity index (χ0v) is 22.5. The average Bonchev–Trinajstić information content (AvgIpc) is 3.22. The quantitative estimate of drug-likeness (QED) is 0.199. The molecule has 3 unspecified atom stereocenters. The SMILES string of the molecule is CCCOC(=O)c1ccc2ccccc2c1OC(=O)C12CCC(C(Br)Br)(C1Br)C2(C)C. The van der Waals surface area contributed by atoms with E-state index in [0.29, 0.717) is 6.61 Å². The minimum absolute atomic E-state index is 0.0378. The Balaban J connectivity index is 1.75. The maximum absolute atomic E-state index is 13.8. The molecule has 2 aromatic carbocycles. The first kappa shape index (κ1) is 23.2. The molecule has 7 heteroatoms. The molecule has 5 rings (SSSR count). The van der Waals surface area contributed by atoms with Crippen LogP contribution >= 0.6 is 47.8 Å². The maximum atomic E-state index is 13.8. The van der Waals surface area contributed by atoms with Crippen LogP contribution in [0, 0.1) is 16.2 Å². The Morgan fingerprint density at radius 2 is 1.84 bits per heavy atom. The summed E-state index contributed by atoms with van der Waals surface area (Å²) in [5, 5.41) is 1.63. The van der Waals surface area contributed by atoms with Gasteiger partial charge in [0.25, 0.3) is 0 Å². The Morgan fingerprint density at radius 1 is 1.13 bits per heavy atom. The molecule has 0 heterocycles. The van der Waals surface area contributed by atoms with E-state index >= 15 is 0 Å². The van der Waals surface area contributed by atoms with E-state index in [2.05, 4.69) is 61.6 Å². The number of alkyl halides is 3. The van der Waals surface area contributed by atoms with Crippen LogP contribution in [0.5, 0.6) is 5.75 Å². The van der Waals surface area contributed by atoms with Gasteiger partial charge in [0.2, 0.25) is 0 Å². The second-order valence-corrected chi connectivity index (χ2v) is 13.0. The monoisotopic (exact) mass is 614 g/mol. The van der Waals surface area contributed by atoms with Gasteiger partial charge >= 0.3 is 11.9 Å². The molecule has 2 aromatic rings. The predicted octanol–water partition coefficient (Wildman–Crippen LogP) is 7.00. The van der Waals surface area contributed by atoms with E-state index in [1.165, 1.54) is 0 Å². The number of carbonyl (C=O) groups is 2. The molecule has 0 N–H and O–H groups in total. The van der Waals surface area contributed by atoms with Crippen molar-refractivity contribution in [2.75, 3.05) is 6.61 Å². The highest BCUT2D eigenvalue weighted by molar-refractivity contribution is 9.24. The van der Waals surface area contributed by atoms with Gasteiger partial charge in [0.1, 0.15) is 5.56 Å². The molecular formula is C24H25Br3O4. The fourth-order valence-corrected chi connectivity index (χ4v) is 10.5. The molecule has 31 heavy (non-hydrogen) atoms. The minimum Gasteiger partial charge on any atom is -0.462 e. The summed E-state index contributed by atoms with van der Waals surface area (Å²) in [6.45, 7) is 6.53. The standard InChI is InChI=1S/C24H25Br3O4/c1-4-13-30-18(28)16-10-9-14-7-5-6-8-15(14)17(16)31-21(29)24-12-11-23(19(24)25,20(26)27)22(24,2)3/h5-10,19-20H,4,11-13H2,1-3H3. The molecule has 0 radical (unpaired) electrons. The number of carbonyl (C=O) groups excluding carboxylic acids is 2. The third kappa shape index (κ3) is 3.02. The number of hydrogen-bond donors (Lipinski definition) is 0. The molecule has 0 spiro atoms. The minimum atomic E-state index is -0.672. The second-order valence-electron chi connectivity index (χ2n) is 8.99. The Kier molecular flexibility index (Phi) is 6.10. The lowest BCUT2D eigenvalue weighted by Crippen LogP contribution is -2.71. The molecule has 0 aromatic heterocycles. The third-order valence-corrected chi connectivity index (χ3v) is 10.8. The number of rotatable bonds is 6. The maximum Gasteiger partial charge on any atom is 0.341 e. The summed E-state index contributed by atoms with van der Waals surface area (Å²) in [6.07, 6.45) is 2.34. The number of benzene rings is 2. The van der Waals surface area contributed by atoms with E-state index < -0.39 is 11.4 Å². The molecule has 0 saturated heterocycles. The zero-order valence-electron chi connectivity index (χ0n) is 17.7. The van der Waals surface area contributed by atoms with Crippen molar-refractivity contribution in [1.29, 1.82) is 0 Å². The fourth-order valence-electron chi connectivity index (χ4n) is 5.62. The van der Waals surface area contributed by atoms with Gasteiger partial charge < -0.3 is 9.47 Å². The summed E-state index contributed by atoms with van der Waals surface area (Å²) in [4.78, 5) is 26.5. The van der Waals surface area contributed by atoms with Crippen molar-refractivity contribution in [2.45, 2.75) is 48.6 Å². The zero-order chi connectivity index (χ0) is 22.6. The number of esters is 2. The van der Waals surface area contributed by atoms with Gasteiger partial charge in [-0.05, 0) is 36.1 Å². The van der Waals surface area contributed by atoms with E-state index in [4.69, 9.17) is 9.47 Å². The van der Waals surface area contributed by atoms with Gasteiger partial charge in [0.15, 0.2) is 5.75 Å². The van der Waals surface area contributed by atoms with Gasteiger partial charge in [-0.25, -0.2) is 4.79 Å². The first-order chi connectivity index (χ1) is 14.6. The summed E-state index contributed by atoms with van der Waals surface area (Å²) in [5.41, 5.74) is -0.790. The van der Waals surface area contributed by atoms with Crippen LogP contribution in [0.3, 0.4) is 0 Å². The van der Waals surface area contributed by atoms with Gasteiger partial charge in [-0.1, -0.05) is 98.9 Å². The average molecular weight is 617 g/mol. The topological polar surface area (TPSA) is 52.6 Å². The van der Waals surface area contributed by atoms with Crippen molar-refractivity contribution >= 4 is 70.5 Å². The van der Waals surface area contributed by atoms with Crippen molar-refractivity contribution in [3.8, 4) is 5.75 Å². The van der Waals surface area contributed by atoms with E-state index in [1.807, 2.05) is 37.3 Å². The highest BCUT2D eigenvalue weighted by Crippen LogP contribution is 2.82. The molecule has 0 amide bonds. The van der Waals surface area contributed by atoms with Crippen LogP contribution in [-0.2, 0) is 9.53 Å². The van der Waals surface area contributed by atoms with Crippen LogP contribution in [0.1, 0.15) is 50.4 Å². The molecule has 166 valence electrons. The third-order valence-electron chi connectivity index (χ3n) is 7.58. The molecule has 3 fully saturated rings. The smallest absolute Gasteiger partial charge is 0.341 e. The largest absolute Gasteiger partial charge is 0.462 e. The van der Waals surface area contributed by atoms with Crippen molar-refractivity contribution in [3.05, 3.63) is 42.0 Å². The van der Waals surface area contributed by atoms with Gasteiger partial charge in [0.05, 0.1) is 15.8 Å². The van der Waals surface area contributed by atoms with Gasteiger partial charge in [-0.2, -0.15) is 0 Å². The van der Waals surface area contributed by atoms with E-state index in [-0.39, 0.29) is 36.7 Å². The van der Waals surface area contributed by atoms with Crippen molar-refractivity contribution in [2.24, 2.45) is 16.2 Å². The first-order valence-corrected chi connectivity index (χ1v) is 13.2. The Bertz CT molecular complexity index is 1050. The number of ether oxygens (including phenoxy) is 2. The van der Waals surface area contributed by atoms with Crippen LogP contribution < -0.4 is 4.74 Å². The molecule has 3 saturated carbocycles.